The van der Waals surface area contributed by atoms with Gasteiger partial charge in [-0.25, -0.2) is 0 Å². The highest BCUT2D eigenvalue weighted by Crippen LogP contribution is 2.29. The average molecular weight is 296 g/mol. The zero-order chi connectivity index (χ0) is 14.4. The summed E-state index contributed by atoms with van der Waals surface area (Å²) in [6.45, 7) is 7.39. The highest BCUT2D eigenvalue weighted by molar-refractivity contribution is 7.34. The topological polar surface area (TPSA) is 38.2 Å². The van der Waals surface area contributed by atoms with Gasteiger partial charge in [-0.2, -0.15) is 0 Å². The van der Waals surface area contributed by atoms with Crippen LogP contribution in [0.4, 0.5) is 0 Å². The molecule has 1 aromatic heterocycles. The fraction of sp³-hybridized carbons (Fsp3) is 0.733. The van der Waals surface area contributed by atoms with E-state index in [4.69, 9.17) is 4.74 Å². The molecule has 0 bridgehead atoms. The second-order valence-electron chi connectivity index (χ2n) is 5.86. The molecule has 0 fully saturated rings. The van der Waals surface area contributed by atoms with Gasteiger partial charge in [-0.1, -0.05) is 20.3 Å². The Kier molecular flexibility index (Phi) is 5.98. The minimum atomic E-state index is -0.327. The number of hydrogen-bond donors (Lipinski definition) is 0. The van der Waals surface area contributed by atoms with E-state index in [-0.39, 0.29) is 10.9 Å². The number of rotatable bonds is 7. The second kappa shape index (κ2) is 7.74. The normalized spacial score (nSPS) is 17.4. The molecule has 4 nitrogen and oxygen atoms in total. The maximum atomic E-state index is 5.70. The van der Waals surface area contributed by atoms with Crippen LogP contribution in [0.5, 0.6) is 5.88 Å². The summed E-state index contributed by atoms with van der Waals surface area (Å²) in [6, 6.07) is 0. The zero-order valence-corrected chi connectivity index (χ0v) is 13.7. The van der Waals surface area contributed by atoms with Crippen molar-refractivity contribution < 1.29 is 4.74 Å². The first kappa shape index (κ1) is 15.4. The van der Waals surface area contributed by atoms with Crippen molar-refractivity contribution in [3.8, 4) is 5.88 Å². The first-order valence-electron chi connectivity index (χ1n) is 7.53. The molecule has 0 aromatic carbocycles. The lowest BCUT2D eigenvalue weighted by Crippen LogP contribution is -2.24. The Morgan fingerprint density at radius 3 is 3.00 bits per heavy atom. The predicted molar refractivity (Wildman–Crippen MR) is 85.1 cm³/mol. The van der Waals surface area contributed by atoms with E-state index in [9.17, 15) is 0 Å². The van der Waals surface area contributed by atoms with E-state index in [1.807, 2.05) is 0 Å². The highest BCUT2D eigenvalue weighted by atomic mass is 32.2. The Balaban J connectivity index is 1.76. The summed E-state index contributed by atoms with van der Waals surface area (Å²) in [6.07, 6.45) is 8.78. The van der Waals surface area contributed by atoms with Crippen molar-refractivity contribution in [1.29, 1.82) is 0 Å². The summed E-state index contributed by atoms with van der Waals surface area (Å²) in [5.74, 6) is 1.49. The molecule has 0 spiro atoms. The van der Waals surface area contributed by atoms with E-state index in [2.05, 4.69) is 40.6 Å². The van der Waals surface area contributed by atoms with Crippen molar-refractivity contribution in [2.75, 3.05) is 26.7 Å². The molecule has 2 heterocycles. The molecule has 1 unspecified atom stereocenters. The average Bonchev–Trinajstić information content (AvgIpc) is 2.87. The number of hydrogen-bond acceptors (Lipinski definition) is 4. The van der Waals surface area contributed by atoms with E-state index in [1.54, 1.807) is 6.20 Å². The fourth-order valence-corrected chi connectivity index (χ4v) is 3.60. The Morgan fingerprint density at radius 1 is 1.40 bits per heavy atom. The molecular weight excluding hydrogens is 270 g/mol. The Labute approximate surface area is 125 Å². The van der Waals surface area contributed by atoms with Gasteiger partial charge in [0.1, 0.15) is 0 Å². The molecule has 2 rings (SSSR count). The molecule has 0 amide bonds. The van der Waals surface area contributed by atoms with E-state index < -0.39 is 0 Å². The van der Waals surface area contributed by atoms with Crippen LogP contribution in [0.3, 0.4) is 0 Å². The first-order chi connectivity index (χ1) is 9.65. The lowest BCUT2D eigenvalue weighted by atomic mass is 10.1. The molecule has 0 saturated heterocycles. The SMILES string of the molecule is CC(C)CCCCOc1cn[s+](C2=CCCN(C)C2)n1. The van der Waals surface area contributed by atoms with E-state index in [1.165, 1.54) is 17.7 Å². The zero-order valence-electron chi connectivity index (χ0n) is 12.8. The monoisotopic (exact) mass is 296 g/mol. The molecule has 0 N–H and O–H groups in total. The van der Waals surface area contributed by atoms with E-state index in [0.29, 0.717) is 5.88 Å². The van der Waals surface area contributed by atoms with Gasteiger partial charge in [-0.05, 0) is 42.7 Å². The molecule has 20 heavy (non-hydrogen) atoms. The van der Waals surface area contributed by atoms with Crippen LogP contribution in [-0.2, 0) is 0 Å². The number of likely N-dealkylation sites (N-methyl/N-ethyl adjacent to an activating group) is 1. The maximum absolute atomic E-state index is 5.70. The minimum absolute atomic E-state index is 0.327. The summed E-state index contributed by atoms with van der Waals surface area (Å²) in [4.78, 5) is 3.64. The molecule has 1 aromatic rings. The first-order valence-corrected chi connectivity index (χ1v) is 8.66. The Bertz CT molecular complexity index is 442. The third kappa shape index (κ3) is 4.87. The lowest BCUT2D eigenvalue weighted by molar-refractivity contribution is 0.293. The van der Waals surface area contributed by atoms with Crippen LogP contribution in [0.1, 0.15) is 39.5 Å². The molecule has 0 radical (unpaired) electrons. The molecule has 1 aliphatic rings. The van der Waals surface area contributed by atoms with Crippen molar-refractivity contribution in [2.45, 2.75) is 39.5 Å². The highest BCUT2D eigenvalue weighted by Gasteiger charge is 2.24. The molecule has 112 valence electrons. The minimum Gasteiger partial charge on any atom is -0.473 e. The lowest BCUT2D eigenvalue weighted by Gasteiger charge is -2.16. The molecular formula is C15H26N3OS+. The number of aromatic nitrogens is 2. The summed E-state index contributed by atoms with van der Waals surface area (Å²) < 4.78 is 14.8. The van der Waals surface area contributed by atoms with Gasteiger partial charge in [0.15, 0.2) is 6.20 Å². The van der Waals surface area contributed by atoms with Crippen LogP contribution in [0.15, 0.2) is 12.3 Å². The van der Waals surface area contributed by atoms with Crippen LogP contribution < -0.4 is 4.74 Å². The van der Waals surface area contributed by atoms with Crippen molar-refractivity contribution in [2.24, 2.45) is 5.92 Å². The van der Waals surface area contributed by atoms with Gasteiger partial charge in [0.2, 0.25) is 15.8 Å². The van der Waals surface area contributed by atoms with Gasteiger partial charge in [0.05, 0.1) is 13.2 Å². The van der Waals surface area contributed by atoms with Crippen molar-refractivity contribution >= 4 is 15.8 Å². The van der Waals surface area contributed by atoms with Gasteiger partial charge in [-0.15, -0.1) is 0 Å². The molecule has 0 saturated carbocycles. The third-order valence-corrected chi connectivity index (χ3v) is 4.83. The number of ether oxygens (including phenoxy) is 1. The van der Waals surface area contributed by atoms with Gasteiger partial charge in [0, 0.05) is 10.9 Å². The summed E-state index contributed by atoms with van der Waals surface area (Å²) >= 11 is 0. The standard InChI is InChI=1S/C15H26N3OS/c1-13(2)7-4-5-10-19-15-11-16-20(17-15)14-8-6-9-18(3)12-14/h8,11,13H,4-7,9-10,12H2,1-3H3/q+1. The van der Waals surface area contributed by atoms with Crippen LogP contribution in [0, 0.1) is 5.92 Å². The second-order valence-corrected chi connectivity index (χ2v) is 7.31. The molecule has 1 aliphatic heterocycles. The van der Waals surface area contributed by atoms with Gasteiger partial charge >= 0.3 is 0 Å². The van der Waals surface area contributed by atoms with Gasteiger partial charge in [0.25, 0.3) is 5.88 Å². The molecule has 1 atom stereocenters. The third-order valence-electron chi connectivity index (χ3n) is 3.41. The Hall–Kier alpha value is -0.940. The van der Waals surface area contributed by atoms with Crippen LogP contribution in [0.25, 0.3) is 4.91 Å². The van der Waals surface area contributed by atoms with Crippen LogP contribution >= 0.6 is 10.9 Å². The summed E-state index contributed by atoms with van der Waals surface area (Å²) in [5.41, 5.74) is 0. The fourth-order valence-electron chi connectivity index (χ4n) is 2.24. The van der Waals surface area contributed by atoms with Crippen molar-refractivity contribution in [3.05, 3.63) is 12.3 Å². The van der Waals surface area contributed by atoms with Crippen molar-refractivity contribution in [1.82, 2.24) is 13.6 Å². The van der Waals surface area contributed by atoms with E-state index >= 15 is 0 Å². The number of nitrogens with zero attached hydrogens (tertiary/aromatic N) is 3. The smallest absolute Gasteiger partial charge is 0.293 e. The van der Waals surface area contributed by atoms with Crippen molar-refractivity contribution in [3.63, 3.8) is 0 Å². The largest absolute Gasteiger partial charge is 0.473 e. The number of unbranched alkanes of at least 4 members (excludes halogenated alkanes) is 1. The maximum Gasteiger partial charge on any atom is 0.293 e. The van der Waals surface area contributed by atoms with E-state index in [0.717, 1.165) is 38.5 Å². The summed E-state index contributed by atoms with van der Waals surface area (Å²) in [5, 5.41) is 0. The Morgan fingerprint density at radius 2 is 2.25 bits per heavy atom. The summed E-state index contributed by atoms with van der Waals surface area (Å²) in [7, 11) is 1.82. The van der Waals surface area contributed by atoms with Gasteiger partial charge in [-0.3, -0.25) is 4.90 Å². The predicted octanol–water partition coefficient (Wildman–Crippen LogP) is 3.61. The quantitative estimate of drug-likeness (QED) is 0.569. The van der Waals surface area contributed by atoms with Crippen LogP contribution in [-0.4, -0.2) is 40.4 Å². The van der Waals surface area contributed by atoms with Gasteiger partial charge < -0.3 is 4.74 Å². The molecule has 5 heteroatoms. The van der Waals surface area contributed by atoms with Crippen LogP contribution in [0.2, 0.25) is 0 Å². The molecule has 0 aliphatic carbocycles.